The smallest absolute Gasteiger partial charge is 0.330 e. The SMILES string of the molecule is CCCCCCCCCCCCCC=CC(=O)OCC(O)CO.O=C[C@@H](O)[C@@H](O)[C@H](O)[C@H](O)CO. The lowest BCUT2D eigenvalue weighted by Gasteiger charge is -2.22. The number of ether oxygens (including phenoxy) is 1. The van der Waals surface area contributed by atoms with Crippen molar-refractivity contribution in [3.05, 3.63) is 12.2 Å². The van der Waals surface area contributed by atoms with Gasteiger partial charge in [0.15, 0.2) is 6.29 Å². The molecule has 0 aromatic carbocycles. The summed E-state index contributed by atoms with van der Waals surface area (Å²) < 4.78 is 4.77. The molecule has 0 saturated heterocycles. The number of carbonyl (C=O) groups excluding carboxylic acids is 2. The molecule has 208 valence electrons. The van der Waals surface area contributed by atoms with E-state index < -0.39 is 49.7 Å². The van der Waals surface area contributed by atoms with Crippen LogP contribution in [0.4, 0.5) is 0 Å². The van der Waals surface area contributed by atoms with Gasteiger partial charge in [-0.3, -0.25) is 0 Å². The van der Waals surface area contributed by atoms with Crippen LogP contribution in [0, 0.1) is 0 Å². The quantitative estimate of drug-likeness (QED) is 0.0505. The van der Waals surface area contributed by atoms with E-state index in [4.69, 9.17) is 40.5 Å². The van der Waals surface area contributed by atoms with Gasteiger partial charge >= 0.3 is 5.97 Å². The Morgan fingerprint density at radius 2 is 1.29 bits per heavy atom. The summed E-state index contributed by atoms with van der Waals surface area (Å²) in [5.41, 5.74) is 0. The van der Waals surface area contributed by atoms with Crippen molar-refractivity contribution in [3.63, 3.8) is 0 Å². The standard InChI is InChI=1S/C19H36O4.C6H12O6/c1-2-3-4-5-6-7-8-9-10-11-12-13-14-15-19(22)23-17-18(21)16-20;7-1-3(9)5(11)6(12)4(10)2-8/h14-15,18,20-21H,2-13,16-17H2,1H3;1,3-6,8-12H,2H2/t;3-,4-,5-,6-/m.1/s1. The van der Waals surface area contributed by atoms with Crippen LogP contribution >= 0.6 is 0 Å². The van der Waals surface area contributed by atoms with E-state index >= 15 is 0 Å². The maximum atomic E-state index is 11.3. The Labute approximate surface area is 209 Å². The summed E-state index contributed by atoms with van der Waals surface area (Å²) in [6, 6.07) is 0. The first-order chi connectivity index (χ1) is 16.7. The molecule has 35 heavy (non-hydrogen) atoms. The summed E-state index contributed by atoms with van der Waals surface area (Å²) in [7, 11) is 0. The Hall–Kier alpha value is -1.40. The topological polar surface area (TPSA) is 185 Å². The summed E-state index contributed by atoms with van der Waals surface area (Å²) in [4.78, 5) is 21.2. The lowest BCUT2D eigenvalue weighted by atomic mass is 10.0. The molecule has 0 amide bonds. The van der Waals surface area contributed by atoms with E-state index in [-0.39, 0.29) is 12.9 Å². The lowest BCUT2D eigenvalue weighted by Crippen LogP contribution is -2.46. The van der Waals surface area contributed by atoms with Crippen molar-refractivity contribution in [1.29, 1.82) is 0 Å². The summed E-state index contributed by atoms with van der Waals surface area (Å²) in [6.45, 7) is 0.942. The van der Waals surface area contributed by atoms with Crippen molar-refractivity contribution >= 4 is 12.3 Å². The normalized spacial score (nSPS) is 15.5. The number of hydrogen-bond acceptors (Lipinski definition) is 10. The molecule has 7 N–H and O–H groups in total. The van der Waals surface area contributed by atoms with E-state index in [0.717, 1.165) is 12.8 Å². The third-order valence-electron chi connectivity index (χ3n) is 5.28. The van der Waals surface area contributed by atoms with E-state index in [1.807, 2.05) is 6.08 Å². The van der Waals surface area contributed by atoms with E-state index in [0.29, 0.717) is 0 Å². The van der Waals surface area contributed by atoms with Crippen molar-refractivity contribution in [3.8, 4) is 0 Å². The van der Waals surface area contributed by atoms with Crippen LogP contribution < -0.4 is 0 Å². The molecular formula is C25H48O10. The molecule has 0 aromatic rings. The van der Waals surface area contributed by atoms with Crippen molar-refractivity contribution in [2.45, 2.75) is 114 Å². The third kappa shape index (κ3) is 22.8. The fourth-order valence-corrected chi connectivity index (χ4v) is 3.00. The monoisotopic (exact) mass is 508 g/mol. The van der Waals surface area contributed by atoms with Gasteiger partial charge in [0.1, 0.15) is 37.1 Å². The first-order valence-electron chi connectivity index (χ1n) is 12.7. The molecule has 5 atom stereocenters. The van der Waals surface area contributed by atoms with Gasteiger partial charge in [0.2, 0.25) is 0 Å². The van der Waals surface area contributed by atoms with Gasteiger partial charge in [0.05, 0.1) is 13.2 Å². The van der Waals surface area contributed by atoms with Gasteiger partial charge in [0.25, 0.3) is 0 Å². The summed E-state index contributed by atoms with van der Waals surface area (Å²) in [6.07, 6.45) is 10.8. The van der Waals surface area contributed by atoms with Crippen molar-refractivity contribution in [2.24, 2.45) is 0 Å². The van der Waals surface area contributed by atoms with Gasteiger partial charge in [-0.05, 0) is 12.8 Å². The van der Waals surface area contributed by atoms with Crippen LogP contribution in [0.15, 0.2) is 12.2 Å². The highest BCUT2D eigenvalue weighted by molar-refractivity contribution is 5.81. The van der Waals surface area contributed by atoms with Crippen LogP contribution in [0.5, 0.6) is 0 Å². The molecule has 0 radical (unpaired) electrons. The van der Waals surface area contributed by atoms with Crippen LogP contribution in [-0.4, -0.2) is 98.3 Å². The molecule has 0 saturated carbocycles. The minimum absolute atomic E-state index is 0.0258. The number of aldehydes is 1. The highest BCUT2D eigenvalue weighted by atomic mass is 16.5. The number of unbranched alkanes of at least 4 members (excludes halogenated alkanes) is 11. The number of carbonyl (C=O) groups is 2. The summed E-state index contributed by atoms with van der Waals surface area (Å²) >= 11 is 0. The van der Waals surface area contributed by atoms with Crippen LogP contribution in [-0.2, 0) is 14.3 Å². The lowest BCUT2D eigenvalue weighted by molar-refractivity contribution is -0.141. The summed E-state index contributed by atoms with van der Waals surface area (Å²) in [5, 5.41) is 61.2. The van der Waals surface area contributed by atoms with E-state index in [1.165, 1.54) is 70.3 Å². The van der Waals surface area contributed by atoms with Crippen molar-refractivity contribution < 1.29 is 50.1 Å². The highest BCUT2D eigenvalue weighted by Gasteiger charge is 2.29. The van der Waals surface area contributed by atoms with E-state index in [2.05, 4.69) is 6.92 Å². The first-order valence-corrected chi connectivity index (χ1v) is 12.7. The van der Waals surface area contributed by atoms with Gasteiger partial charge in [-0.25, -0.2) is 4.79 Å². The molecular weight excluding hydrogens is 460 g/mol. The van der Waals surface area contributed by atoms with Crippen molar-refractivity contribution in [1.82, 2.24) is 0 Å². The Bertz CT molecular complexity index is 514. The van der Waals surface area contributed by atoms with Gasteiger partial charge in [-0.1, -0.05) is 77.2 Å². The molecule has 0 rings (SSSR count). The maximum absolute atomic E-state index is 11.3. The number of hydrogen-bond donors (Lipinski definition) is 7. The van der Waals surface area contributed by atoms with Crippen LogP contribution in [0.2, 0.25) is 0 Å². The van der Waals surface area contributed by atoms with Gasteiger partial charge in [-0.15, -0.1) is 0 Å². The maximum Gasteiger partial charge on any atom is 0.330 e. The number of allylic oxidation sites excluding steroid dienone is 1. The molecule has 0 aliphatic carbocycles. The molecule has 0 spiro atoms. The molecule has 0 fully saturated rings. The average molecular weight is 509 g/mol. The Morgan fingerprint density at radius 1 is 0.771 bits per heavy atom. The fraction of sp³-hybridized carbons (Fsp3) is 0.840. The Kier molecular flexibility index (Phi) is 26.2. The molecule has 10 heteroatoms. The van der Waals surface area contributed by atoms with E-state index in [1.54, 1.807) is 0 Å². The van der Waals surface area contributed by atoms with Gasteiger partial charge < -0.3 is 45.3 Å². The highest BCUT2D eigenvalue weighted by Crippen LogP contribution is 2.12. The number of esters is 1. The number of aliphatic hydroxyl groups is 7. The first kappa shape index (κ1) is 35.8. The largest absolute Gasteiger partial charge is 0.460 e. The molecule has 0 bridgehead atoms. The van der Waals surface area contributed by atoms with Gasteiger partial charge in [-0.2, -0.15) is 0 Å². The Balaban J connectivity index is 0. The molecule has 0 aromatic heterocycles. The van der Waals surface area contributed by atoms with Crippen molar-refractivity contribution in [2.75, 3.05) is 19.8 Å². The zero-order chi connectivity index (χ0) is 26.9. The van der Waals surface area contributed by atoms with Crippen LogP contribution in [0.1, 0.15) is 84.0 Å². The third-order valence-corrected chi connectivity index (χ3v) is 5.28. The predicted octanol–water partition coefficient (Wildman–Crippen LogP) is 0.761. The van der Waals surface area contributed by atoms with Gasteiger partial charge in [0, 0.05) is 6.08 Å². The van der Waals surface area contributed by atoms with Crippen LogP contribution in [0.25, 0.3) is 0 Å². The summed E-state index contributed by atoms with van der Waals surface area (Å²) in [5.74, 6) is -0.458. The fourth-order valence-electron chi connectivity index (χ4n) is 3.00. The zero-order valence-electron chi connectivity index (χ0n) is 21.1. The molecule has 10 nitrogen and oxygen atoms in total. The Morgan fingerprint density at radius 3 is 1.74 bits per heavy atom. The molecule has 0 aliphatic heterocycles. The predicted molar refractivity (Wildman–Crippen MR) is 131 cm³/mol. The second-order valence-electron chi connectivity index (χ2n) is 8.55. The minimum Gasteiger partial charge on any atom is -0.460 e. The number of rotatable bonds is 21. The zero-order valence-corrected chi connectivity index (χ0v) is 21.1. The molecule has 0 aliphatic rings. The second kappa shape index (κ2) is 25.7. The average Bonchev–Trinajstić information content (AvgIpc) is 2.88. The van der Waals surface area contributed by atoms with E-state index in [9.17, 15) is 9.59 Å². The molecule has 1 unspecified atom stereocenters. The van der Waals surface area contributed by atoms with Crippen LogP contribution in [0.3, 0.4) is 0 Å². The number of aliphatic hydroxyl groups excluding tert-OH is 7. The second-order valence-corrected chi connectivity index (χ2v) is 8.55. The molecule has 0 heterocycles. The minimum atomic E-state index is -1.79.